The highest BCUT2D eigenvalue weighted by molar-refractivity contribution is 7.17. The summed E-state index contributed by atoms with van der Waals surface area (Å²) in [5, 5.41) is 6.71. The van der Waals surface area contributed by atoms with Gasteiger partial charge in [-0.15, -0.1) is 11.3 Å². The molecule has 0 radical (unpaired) electrons. The van der Waals surface area contributed by atoms with Crippen molar-refractivity contribution >= 4 is 38.7 Å². The van der Waals surface area contributed by atoms with Gasteiger partial charge in [0.1, 0.15) is 17.0 Å². The fraction of sp³-hybridized carbons (Fsp3) is 0.182. The lowest BCUT2D eigenvalue weighted by Gasteiger charge is -2.28. The van der Waals surface area contributed by atoms with E-state index in [9.17, 15) is 0 Å². The normalized spacial score (nSPS) is 14.4. The van der Waals surface area contributed by atoms with Crippen LogP contribution in [0.5, 0.6) is 0 Å². The van der Waals surface area contributed by atoms with Crippen LogP contribution in [-0.4, -0.2) is 36.3 Å². The van der Waals surface area contributed by atoms with E-state index >= 15 is 0 Å². The molecule has 0 atom stereocenters. The van der Waals surface area contributed by atoms with E-state index in [1.165, 1.54) is 11.3 Å². The molecule has 0 unspecified atom stereocenters. The van der Waals surface area contributed by atoms with Crippen LogP contribution in [0.1, 0.15) is 0 Å². The van der Waals surface area contributed by atoms with Crippen molar-refractivity contribution in [2.75, 3.05) is 36.5 Å². The SMILES string of the molecule is c1ccc(-c2csc3ncnc(Nc4ccc(N5CCOCC5)cc4)c23)cc1. The first-order chi connectivity index (χ1) is 13.9. The smallest absolute Gasteiger partial charge is 0.143 e. The number of nitrogens with one attached hydrogen (secondary N) is 1. The number of nitrogens with zero attached hydrogens (tertiary/aromatic N) is 3. The van der Waals surface area contributed by atoms with E-state index < -0.39 is 0 Å². The summed E-state index contributed by atoms with van der Waals surface area (Å²) in [6.45, 7) is 3.46. The molecule has 0 saturated carbocycles. The molecule has 140 valence electrons. The molecule has 5 rings (SSSR count). The van der Waals surface area contributed by atoms with Crippen LogP contribution in [0.3, 0.4) is 0 Å². The fourth-order valence-electron chi connectivity index (χ4n) is 3.51. The zero-order valence-electron chi connectivity index (χ0n) is 15.3. The Balaban J connectivity index is 1.46. The maximum absolute atomic E-state index is 5.44. The summed E-state index contributed by atoms with van der Waals surface area (Å²) in [6.07, 6.45) is 1.62. The average Bonchev–Trinajstić information content (AvgIpc) is 3.21. The molecule has 0 spiro atoms. The lowest BCUT2D eigenvalue weighted by molar-refractivity contribution is 0.122. The van der Waals surface area contributed by atoms with Crippen molar-refractivity contribution in [1.29, 1.82) is 0 Å². The zero-order valence-corrected chi connectivity index (χ0v) is 16.2. The second-order valence-electron chi connectivity index (χ2n) is 6.69. The van der Waals surface area contributed by atoms with Crippen LogP contribution in [0.4, 0.5) is 17.2 Å². The van der Waals surface area contributed by atoms with Gasteiger partial charge in [0.15, 0.2) is 0 Å². The summed E-state index contributed by atoms with van der Waals surface area (Å²) in [4.78, 5) is 12.3. The fourth-order valence-corrected chi connectivity index (χ4v) is 4.43. The van der Waals surface area contributed by atoms with Crippen LogP contribution < -0.4 is 10.2 Å². The molecule has 1 aliphatic rings. The molecule has 1 N–H and O–H groups in total. The summed E-state index contributed by atoms with van der Waals surface area (Å²) in [5.41, 5.74) is 4.58. The van der Waals surface area contributed by atoms with E-state index in [2.05, 4.69) is 74.1 Å². The number of thiophene rings is 1. The van der Waals surface area contributed by atoms with E-state index in [1.807, 2.05) is 6.07 Å². The highest BCUT2D eigenvalue weighted by Crippen LogP contribution is 2.37. The Hall–Kier alpha value is -2.96. The Morgan fingerprint density at radius 3 is 2.50 bits per heavy atom. The van der Waals surface area contributed by atoms with Gasteiger partial charge in [0.25, 0.3) is 0 Å². The number of anilines is 3. The van der Waals surface area contributed by atoms with Crippen LogP contribution in [-0.2, 0) is 4.74 Å². The minimum absolute atomic E-state index is 0.791. The maximum Gasteiger partial charge on any atom is 0.143 e. The van der Waals surface area contributed by atoms with E-state index in [1.54, 1.807) is 17.7 Å². The highest BCUT2D eigenvalue weighted by Gasteiger charge is 2.14. The van der Waals surface area contributed by atoms with Crippen LogP contribution >= 0.6 is 11.3 Å². The summed E-state index contributed by atoms with van der Waals surface area (Å²) in [7, 11) is 0. The van der Waals surface area contributed by atoms with Crippen molar-refractivity contribution < 1.29 is 4.74 Å². The minimum atomic E-state index is 0.791. The molecule has 0 aliphatic carbocycles. The molecular weight excluding hydrogens is 368 g/mol. The van der Waals surface area contributed by atoms with Gasteiger partial charge in [0.2, 0.25) is 0 Å². The number of benzene rings is 2. The van der Waals surface area contributed by atoms with Crippen molar-refractivity contribution in [3.8, 4) is 11.1 Å². The Morgan fingerprint density at radius 1 is 0.929 bits per heavy atom. The Bertz CT molecular complexity index is 1070. The number of hydrogen-bond donors (Lipinski definition) is 1. The molecule has 3 heterocycles. The molecule has 0 bridgehead atoms. The van der Waals surface area contributed by atoms with Crippen molar-refractivity contribution in [2.45, 2.75) is 0 Å². The van der Waals surface area contributed by atoms with Gasteiger partial charge >= 0.3 is 0 Å². The Kier molecular flexibility index (Phi) is 4.64. The largest absolute Gasteiger partial charge is 0.378 e. The molecular formula is C22H20N4OS. The van der Waals surface area contributed by atoms with E-state index in [0.29, 0.717) is 0 Å². The lowest BCUT2D eigenvalue weighted by Crippen LogP contribution is -2.36. The Morgan fingerprint density at radius 2 is 1.71 bits per heavy atom. The standard InChI is InChI=1S/C22H20N4OS/c1-2-4-16(5-3-1)19-14-28-22-20(19)21(23-15-24-22)25-17-6-8-18(9-7-17)26-10-12-27-13-11-26/h1-9,14-15H,10-13H2,(H,23,24,25). The molecule has 1 aliphatic heterocycles. The maximum atomic E-state index is 5.44. The molecule has 2 aromatic heterocycles. The number of rotatable bonds is 4. The van der Waals surface area contributed by atoms with Crippen molar-refractivity contribution in [3.63, 3.8) is 0 Å². The van der Waals surface area contributed by atoms with Gasteiger partial charge in [-0.05, 0) is 29.8 Å². The molecule has 4 aromatic rings. The topological polar surface area (TPSA) is 50.3 Å². The first-order valence-corrected chi connectivity index (χ1v) is 10.2. The first-order valence-electron chi connectivity index (χ1n) is 9.36. The van der Waals surface area contributed by atoms with Gasteiger partial charge in [-0.3, -0.25) is 0 Å². The van der Waals surface area contributed by atoms with Gasteiger partial charge in [-0.25, -0.2) is 9.97 Å². The van der Waals surface area contributed by atoms with Gasteiger partial charge in [0.05, 0.1) is 18.6 Å². The van der Waals surface area contributed by atoms with Crippen molar-refractivity contribution in [2.24, 2.45) is 0 Å². The van der Waals surface area contributed by atoms with Crippen LogP contribution in [0.15, 0.2) is 66.3 Å². The average molecular weight is 388 g/mol. The predicted molar refractivity (Wildman–Crippen MR) is 116 cm³/mol. The van der Waals surface area contributed by atoms with E-state index in [4.69, 9.17) is 4.74 Å². The second-order valence-corrected chi connectivity index (χ2v) is 7.55. The predicted octanol–water partition coefficient (Wildman–Crippen LogP) is 4.94. The quantitative estimate of drug-likeness (QED) is 0.537. The van der Waals surface area contributed by atoms with E-state index in [-0.39, 0.29) is 0 Å². The Labute approximate surface area is 167 Å². The first kappa shape index (κ1) is 17.2. The molecule has 28 heavy (non-hydrogen) atoms. The van der Waals surface area contributed by atoms with E-state index in [0.717, 1.165) is 53.6 Å². The third-order valence-electron chi connectivity index (χ3n) is 4.96. The monoisotopic (exact) mass is 388 g/mol. The molecule has 6 heteroatoms. The molecule has 5 nitrogen and oxygen atoms in total. The lowest BCUT2D eigenvalue weighted by atomic mass is 10.1. The highest BCUT2D eigenvalue weighted by atomic mass is 32.1. The number of ether oxygens (including phenoxy) is 1. The van der Waals surface area contributed by atoms with Crippen LogP contribution in [0.2, 0.25) is 0 Å². The number of hydrogen-bond acceptors (Lipinski definition) is 6. The van der Waals surface area contributed by atoms with Crippen molar-refractivity contribution in [3.05, 3.63) is 66.3 Å². The van der Waals surface area contributed by atoms with Gasteiger partial charge in [-0.1, -0.05) is 30.3 Å². The van der Waals surface area contributed by atoms with Gasteiger partial charge < -0.3 is 15.0 Å². The van der Waals surface area contributed by atoms with Crippen LogP contribution in [0.25, 0.3) is 21.3 Å². The van der Waals surface area contributed by atoms with Gasteiger partial charge in [0, 0.05) is 35.4 Å². The number of fused-ring (bicyclic) bond motifs is 1. The summed E-state index contributed by atoms with van der Waals surface area (Å²) >= 11 is 1.65. The van der Waals surface area contributed by atoms with Gasteiger partial charge in [-0.2, -0.15) is 0 Å². The third kappa shape index (κ3) is 3.32. The third-order valence-corrected chi connectivity index (χ3v) is 5.85. The van der Waals surface area contributed by atoms with Crippen molar-refractivity contribution in [1.82, 2.24) is 9.97 Å². The minimum Gasteiger partial charge on any atom is -0.378 e. The molecule has 2 aromatic carbocycles. The summed E-state index contributed by atoms with van der Waals surface area (Å²) < 4.78 is 5.44. The molecule has 0 amide bonds. The summed E-state index contributed by atoms with van der Waals surface area (Å²) in [5.74, 6) is 0.837. The zero-order chi connectivity index (χ0) is 18.8. The number of morpholine rings is 1. The van der Waals surface area contributed by atoms with Crippen LogP contribution in [0, 0.1) is 0 Å². The number of aromatic nitrogens is 2. The molecule has 1 fully saturated rings. The summed E-state index contributed by atoms with van der Waals surface area (Å²) in [6, 6.07) is 18.9. The molecule has 1 saturated heterocycles. The second kappa shape index (κ2) is 7.58.